The Morgan fingerprint density at radius 3 is 2.14 bits per heavy atom. The van der Waals surface area contributed by atoms with Crippen molar-refractivity contribution < 1.29 is 26.6 Å². The molecule has 2 aromatic rings. The van der Waals surface area contributed by atoms with Crippen LogP contribution in [0.25, 0.3) is 0 Å². The second kappa shape index (κ2) is 6.17. The third-order valence-corrected chi connectivity index (χ3v) is 3.96. The van der Waals surface area contributed by atoms with Gasteiger partial charge in [0.1, 0.15) is 23.3 Å². The first-order valence-electron chi connectivity index (χ1n) is 5.70. The lowest BCUT2D eigenvalue weighted by Crippen LogP contribution is -2.14. The van der Waals surface area contributed by atoms with E-state index in [1.807, 2.05) is 0 Å². The van der Waals surface area contributed by atoms with E-state index in [0.29, 0.717) is 12.1 Å². The highest BCUT2D eigenvalue weighted by Gasteiger charge is 2.19. The third-order valence-electron chi connectivity index (χ3n) is 2.63. The van der Waals surface area contributed by atoms with Gasteiger partial charge < -0.3 is 0 Å². The maximum Gasteiger partial charge on any atom is 0.178 e. The van der Waals surface area contributed by atoms with Crippen molar-refractivity contribution in [2.45, 2.75) is 4.90 Å². The van der Waals surface area contributed by atoms with Gasteiger partial charge in [-0.1, -0.05) is 0 Å². The molecule has 1 unspecified atom stereocenters. The number of hydrogen-bond acceptors (Lipinski definition) is 2. The fourth-order valence-electron chi connectivity index (χ4n) is 1.64. The Morgan fingerprint density at radius 1 is 0.905 bits per heavy atom. The molecular weight excluding hydrogens is 308 g/mol. The maximum atomic E-state index is 13.4. The van der Waals surface area contributed by atoms with Gasteiger partial charge in [0.25, 0.3) is 0 Å². The number of Topliss-reactive ketones (excluding diaryl/α,β-unsaturated/α-hetero) is 1. The standard InChI is InChI=1S/C14H8F4O2S/c15-8-1-3-11(17)10(5-8)13(19)7-21(20)14-6-9(16)2-4-12(14)18/h1-6H,7H2. The minimum atomic E-state index is -2.20. The van der Waals surface area contributed by atoms with E-state index in [1.165, 1.54) is 0 Å². The van der Waals surface area contributed by atoms with E-state index < -0.39 is 56.1 Å². The molecule has 0 aliphatic carbocycles. The molecule has 21 heavy (non-hydrogen) atoms. The summed E-state index contributed by atoms with van der Waals surface area (Å²) < 4.78 is 64.6. The van der Waals surface area contributed by atoms with Gasteiger partial charge in [0.05, 0.1) is 27.0 Å². The monoisotopic (exact) mass is 316 g/mol. The summed E-state index contributed by atoms with van der Waals surface area (Å²) in [5, 5.41) is 0. The van der Waals surface area contributed by atoms with Crippen LogP contribution in [-0.2, 0) is 10.8 Å². The molecule has 0 spiro atoms. The quantitative estimate of drug-likeness (QED) is 0.641. The van der Waals surface area contributed by atoms with Gasteiger partial charge in [0, 0.05) is 0 Å². The van der Waals surface area contributed by atoms with Gasteiger partial charge in [-0.15, -0.1) is 0 Å². The Kier molecular flexibility index (Phi) is 4.52. The van der Waals surface area contributed by atoms with E-state index in [9.17, 15) is 26.6 Å². The number of halogens is 4. The smallest absolute Gasteiger partial charge is 0.178 e. The van der Waals surface area contributed by atoms with E-state index in [4.69, 9.17) is 0 Å². The summed E-state index contributed by atoms with van der Waals surface area (Å²) in [6.07, 6.45) is 0. The van der Waals surface area contributed by atoms with Crippen LogP contribution in [0.4, 0.5) is 17.6 Å². The third kappa shape index (κ3) is 3.55. The van der Waals surface area contributed by atoms with Crippen LogP contribution in [0.5, 0.6) is 0 Å². The van der Waals surface area contributed by atoms with Crippen LogP contribution in [-0.4, -0.2) is 15.7 Å². The predicted molar refractivity (Wildman–Crippen MR) is 68.3 cm³/mol. The zero-order chi connectivity index (χ0) is 15.6. The van der Waals surface area contributed by atoms with Crippen molar-refractivity contribution in [1.82, 2.24) is 0 Å². The van der Waals surface area contributed by atoms with Crippen LogP contribution in [0, 0.1) is 23.3 Å². The number of carbonyl (C=O) groups excluding carboxylic acids is 1. The van der Waals surface area contributed by atoms with Crippen molar-refractivity contribution in [3.05, 3.63) is 65.2 Å². The maximum absolute atomic E-state index is 13.4. The van der Waals surface area contributed by atoms with Crippen molar-refractivity contribution >= 4 is 16.6 Å². The molecule has 0 bridgehead atoms. The van der Waals surface area contributed by atoms with E-state index in [2.05, 4.69) is 0 Å². The molecule has 0 saturated heterocycles. The van der Waals surface area contributed by atoms with E-state index >= 15 is 0 Å². The zero-order valence-corrected chi connectivity index (χ0v) is 11.2. The van der Waals surface area contributed by atoms with Crippen molar-refractivity contribution in [1.29, 1.82) is 0 Å². The molecule has 110 valence electrons. The second-order valence-corrected chi connectivity index (χ2v) is 5.53. The van der Waals surface area contributed by atoms with Crippen LogP contribution < -0.4 is 0 Å². The van der Waals surface area contributed by atoms with Crippen LogP contribution in [0.1, 0.15) is 10.4 Å². The number of benzene rings is 2. The molecule has 0 saturated carbocycles. The molecule has 2 nitrogen and oxygen atoms in total. The van der Waals surface area contributed by atoms with Crippen LogP contribution in [0.2, 0.25) is 0 Å². The van der Waals surface area contributed by atoms with Gasteiger partial charge in [-0.05, 0) is 36.4 Å². The summed E-state index contributed by atoms with van der Waals surface area (Å²) in [4.78, 5) is 11.3. The molecule has 0 aliphatic heterocycles. The van der Waals surface area contributed by atoms with Gasteiger partial charge in [-0.3, -0.25) is 9.00 Å². The fraction of sp³-hybridized carbons (Fsp3) is 0.0714. The number of hydrogen-bond donors (Lipinski definition) is 0. The minimum absolute atomic E-state index is 0.500. The zero-order valence-electron chi connectivity index (χ0n) is 10.4. The average molecular weight is 316 g/mol. The van der Waals surface area contributed by atoms with Gasteiger partial charge in [-0.25, -0.2) is 17.6 Å². The summed E-state index contributed by atoms with van der Waals surface area (Å²) in [5.74, 6) is -5.30. The SMILES string of the molecule is O=C(CS(=O)c1cc(F)ccc1F)c1cc(F)ccc1F. The molecule has 0 fully saturated rings. The fourth-order valence-corrected chi connectivity index (χ4v) is 2.72. The molecule has 0 amide bonds. The Morgan fingerprint density at radius 2 is 1.48 bits per heavy atom. The molecule has 1 atom stereocenters. The summed E-state index contributed by atoms with van der Waals surface area (Å²) in [7, 11) is -2.20. The van der Waals surface area contributed by atoms with E-state index in [1.54, 1.807) is 0 Å². The lowest BCUT2D eigenvalue weighted by molar-refractivity contribution is 0.101. The molecule has 0 aromatic heterocycles. The first-order valence-corrected chi connectivity index (χ1v) is 7.02. The molecule has 0 radical (unpaired) electrons. The summed E-state index contributed by atoms with van der Waals surface area (Å²) in [5.41, 5.74) is -0.583. The Hall–Kier alpha value is -2.02. The number of carbonyl (C=O) groups is 1. The summed E-state index contributed by atoms with van der Waals surface area (Å²) >= 11 is 0. The average Bonchev–Trinajstić information content (AvgIpc) is 2.43. The topological polar surface area (TPSA) is 34.1 Å². The molecule has 0 N–H and O–H groups in total. The highest BCUT2D eigenvalue weighted by atomic mass is 32.2. The largest absolute Gasteiger partial charge is 0.293 e. The van der Waals surface area contributed by atoms with Gasteiger partial charge >= 0.3 is 0 Å². The van der Waals surface area contributed by atoms with Crippen LogP contribution in [0.3, 0.4) is 0 Å². The second-order valence-electron chi connectivity index (χ2n) is 4.11. The Labute approximate surface area is 119 Å². The van der Waals surface area contributed by atoms with E-state index in [-0.39, 0.29) is 0 Å². The summed E-state index contributed by atoms with van der Waals surface area (Å²) in [6, 6.07) is 4.56. The predicted octanol–water partition coefficient (Wildman–Crippen LogP) is 3.23. The van der Waals surface area contributed by atoms with Crippen molar-refractivity contribution in [2.24, 2.45) is 0 Å². The van der Waals surface area contributed by atoms with Crippen LogP contribution in [0.15, 0.2) is 41.3 Å². The lowest BCUT2D eigenvalue weighted by atomic mass is 10.1. The summed E-state index contributed by atoms with van der Waals surface area (Å²) in [6.45, 7) is 0. The highest BCUT2D eigenvalue weighted by Crippen LogP contribution is 2.17. The molecule has 0 heterocycles. The molecule has 2 aromatic carbocycles. The minimum Gasteiger partial charge on any atom is -0.293 e. The number of rotatable bonds is 4. The van der Waals surface area contributed by atoms with Crippen LogP contribution >= 0.6 is 0 Å². The van der Waals surface area contributed by atoms with E-state index in [0.717, 1.165) is 24.3 Å². The first kappa shape index (κ1) is 15.4. The number of ketones is 1. The molecule has 7 heteroatoms. The molecule has 0 aliphatic rings. The normalized spacial score (nSPS) is 12.2. The highest BCUT2D eigenvalue weighted by molar-refractivity contribution is 7.85. The molecular formula is C14H8F4O2S. The van der Waals surface area contributed by atoms with Gasteiger partial charge in [0.2, 0.25) is 0 Å². The lowest BCUT2D eigenvalue weighted by Gasteiger charge is -2.05. The van der Waals surface area contributed by atoms with Crippen molar-refractivity contribution in [3.8, 4) is 0 Å². The molecule has 2 rings (SSSR count). The Bertz CT molecular complexity index is 669. The van der Waals surface area contributed by atoms with Gasteiger partial charge in [0.15, 0.2) is 5.78 Å². The van der Waals surface area contributed by atoms with Crippen molar-refractivity contribution in [2.75, 3.05) is 5.75 Å². The first-order chi connectivity index (χ1) is 9.88. The Balaban J connectivity index is 2.25. The van der Waals surface area contributed by atoms with Crippen molar-refractivity contribution in [3.63, 3.8) is 0 Å². The van der Waals surface area contributed by atoms with Gasteiger partial charge in [-0.2, -0.15) is 0 Å².